The number of sulfonamides is 1. The number of aryl methyl sites for hydroxylation is 1. The maximum Gasteiger partial charge on any atom is 0.306 e. The Labute approximate surface area is 197 Å². The Morgan fingerprint density at radius 1 is 1.09 bits per heavy atom. The molecule has 1 aromatic rings. The molecule has 4 atom stereocenters. The van der Waals surface area contributed by atoms with Crippen LogP contribution in [0, 0.1) is 17.8 Å². The number of benzene rings is 1. The number of esters is 1. The van der Waals surface area contributed by atoms with Crippen molar-refractivity contribution in [3.05, 3.63) is 29.8 Å². The lowest BCUT2D eigenvalue weighted by Crippen LogP contribution is -2.42. The minimum absolute atomic E-state index is 0.117. The third kappa shape index (κ3) is 5.96. The molecule has 182 valence electrons. The molecule has 2 saturated carbocycles. The van der Waals surface area contributed by atoms with Crippen molar-refractivity contribution in [2.45, 2.75) is 75.6 Å². The molecule has 4 unspecified atom stereocenters. The fraction of sp³-hybridized carbons (Fsp3) is 0.680. The van der Waals surface area contributed by atoms with Crippen molar-refractivity contribution in [1.29, 1.82) is 0 Å². The summed E-state index contributed by atoms with van der Waals surface area (Å²) in [6.45, 7) is 2.95. The molecule has 3 fully saturated rings. The molecule has 4 rings (SSSR count). The third-order valence-corrected chi connectivity index (χ3v) is 9.59. The lowest BCUT2D eigenvalue weighted by atomic mass is 9.84. The van der Waals surface area contributed by atoms with Crippen LogP contribution in [0.1, 0.15) is 63.9 Å². The van der Waals surface area contributed by atoms with Gasteiger partial charge in [0.25, 0.3) is 5.91 Å². The van der Waals surface area contributed by atoms with Gasteiger partial charge in [0.05, 0.1) is 4.90 Å². The van der Waals surface area contributed by atoms with Gasteiger partial charge in [-0.25, -0.2) is 8.42 Å². The summed E-state index contributed by atoms with van der Waals surface area (Å²) in [5.41, 5.74) is 0.860. The zero-order valence-corrected chi connectivity index (χ0v) is 20.3. The topological polar surface area (TPSA) is 92.8 Å². The second kappa shape index (κ2) is 10.6. The average molecular weight is 477 g/mol. The van der Waals surface area contributed by atoms with Gasteiger partial charge in [-0.1, -0.05) is 25.0 Å². The first-order valence-electron chi connectivity index (χ1n) is 12.4. The van der Waals surface area contributed by atoms with E-state index in [4.69, 9.17) is 4.74 Å². The molecular formula is C25H36N2O5S. The van der Waals surface area contributed by atoms with E-state index in [1.165, 1.54) is 25.7 Å². The Balaban J connectivity index is 1.18. The van der Waals surface area contributed by atoms with E-state index in [-0.39, 0.29) is 29.9 Å². The maximum absolute atomic E-state index is 12.7. The van der Waals surface area contributed by atoms with Crippen molar-refractivity contribution >= 4 is 21.9 Å². The highest BCUT2D eigenvalue weighted by Crippen LogP contribution is 2.49. The molecule has 0 aromatic heterocycles. The quantitative estimate of drug-likeness (QED) is 0.552. The second-order valence-electron chi connectivity index (χ2n) is 9.96. The highest BCUT2D eigenvalue weighted by atomic mass is 32.2. The molecule has 2 bridgehead atoms. The predicted octanol–water partition coefficient (Wildman–Crippen LogP) is 3.28. The molecule has 1 aromatic carbocycles. The summed E-state index contributed by atoms with van der Waals surface area (Å²) in [5, 5.41) is 3.01. The van der Waals surface area contributed by atoms with E-state index in [1.54, 1.807) is 28.6 Å². The summed E-state index contributed by atoms with van der Waals surface area (Å²) in [6, 6.07) is 6.82. The molecule has 2 aliphatic carbocycles. The van der Waals surface area contributed by atoms with Gasteiger partial charge in [-0.15, -0.1) is 0 Å². The normalized spacial score (nSPS) is 26.2. The predicted molar refractivity (Wildman–Crippen MR) is 125 cm³/mol. The standard InChI is InChI=1S/C25H36N2O5S/c1-18(23-16-20-5-9-21(23)15-20)26-24(28)17-32-25(29)12-8-19-6-10-22(11-7-19)33(30,31)27-13-3-2-4-14-27/h6-7,10-11,18,20-21,23H,2-5,8-9,12-17H2,1H3,(H,26,28). The number of nitrogens with zero attached hydrogens (tertiary/aromatic N) is 1. The zero-order chi connectivity index (χ0) is 23.4. The van der Waals surface area contributed by atoms with Crippen LogP contribution in [0.5, 0.6) is 0 Å². The highest BCUT2D eigenvalue weighted by molar-refractivity contribution is 7.89. The number of hydrogen-bond donors (Lipinski definition) is 1. The van der Waals surface area contributed by atoms with Gasteiger partial charge >= 0.3 is 5.97 Å². The Kier molecular flexibility index (Phi) is 7.74. The number of rotatable bonds is 9. The van der Waals surface area contributed by atoms with Crippen LogP contribution in [0.15, 0.2) is 29.2 Å². The molecule has 1 amide bonds. The summed E-state index contributed by atoms with van der Waals surface area (Å²) >= 11 is 0. The van der Waals surface area contributed by atoms with Gasteiger partial charge in [0.15, 0.2) is 6.61 Å². The van der Waals surface area contributed by atoms with Crippen LogP contribution in [-0.4, -0.2) is 50.3 Å². The molecule has 3 aliphatic rings. The van der Waals surface area contributed by atoms with Crippen molar-refractivity contribution in [3.8, 4) is 0 Å². The molecule has 33 heavy (non-hydrogen) atoms. The number of amides is 1. The van der Waals surface area contributed by atoms with E-state index in [0.29, 0.717) is 25.4 Å². The Hall–Kier alpha value is -1.93. The van der Waals surface area contributed by atoms with Crippen LogP contribution in [0.4, 0.5) is 0 Å². The van der Waals surface area contributed by atoms with Gasteiger partial charge in [0.2, 0.25) is 10.0 Å². The number of nitrogens with one attached hydrogen (secondary N) is 1. The van der Waals surface area contributed by atoms with E-state index >= 15 is 0 Å². The third-order valence-electron chi connectivity index (χ3n) is 7.68. The van der Waals surface area contributed by atoms with Crippen LogP contribution < -0.4 is 5.32 Å². The zero-order valence-electron chi connectivity index (χ0n) is 19.5. The summed E-state index contributed by atoms with van der Waals surface area (Å²) in [6.07, 6.45) is 8.56. The monoisotopic (exact) mass is 476 g/mol. The van der Waals surface area contributed by atoms with Gasteiger partial charge < -0.3 is 10.1 Å². The molecule has 1 aliphatic heterocycles. The first-order valence-corrected chi connectivity index (χ1v) is 13.8. The Morgan fingerprint density at radius 3 is 2.45 bits per heavy atom. The van der Waals surface area contributed by atoms with E-state index < -0.39 is 16.0 Å². The minimum atomic E-state index is -3.45. The molecule has 1 N–H and O–H groups in total. The van der Waals surface area contributed by atoms with Crippen LogP contribution in [0.2, 0.25) is 0 Å². The smallest absolute Gasteiger partial charge is 0.306 e. The van der Waals surface area contributed by atoms with Crippen LogP contribution >= 0.6 is 0 Å². The average Bonchev–Trinajstić information content (AvgIpc) is 3.46. The van der Waals surface area contributed by atoms with Crippen molar-refractivity contribution in [2.24, 2.45) is 17.8 Å². The van der Waals surface area contributed by atoms with E-state index in [2.05, 4.69) is 12.2 Å². The molecule has 0 radical (unpaired) electrons. The summed E-state index contributed by atoms with van der Waals surface area (Å²) in [5.74, 6) is 1.43. The highest BCUT2D eigenvalue weighted by Gasteiger charge is 2.42. The van der Waals surface area contributed by atoms with Gasteiger partial charge in [0, 0.05) is 25.6 Å². The van der Waals surface area contributed by atoms with Gasteiger partial charge in [-0.2, -0.15) is 4.31 Å². The minimum Gasteiger partial charge on any atom is -0.456 e. The lowest BCUT2D eigenvalue weighted by molar-refractivity contribution is -0.148. The molecule has 1 heterocycles. The van der Waals surface area contributed by atoms with E-state index in [1.807, 2.05) is 0 Å². The van der Waals surface area contributed by atoms with E-state index in [0.717, 1.165) is 36.7 Å². The number of hydrogen-bond acceptors (Lipinski definition) is 5. The largest absolute Gasteiger partial charge is 0.456 e. The van der Waals surface area contributed by atoms with Crippen molar-refractivity contribution in [3.63, 3.8) is 0 Å². The first kappa shape index (κ1) is 24.2. The SMILES string of the molecule is CC(NC(=O)COC(=O)CCc1ccc(S(=O)(=O)N2CCCCC2)cc1)C1CC2CCC1C2. The van der Waals surface area contributed by atoms with Gasteiger partial charge in [-0.05, 0) is 80.9 Å². The van der Waals surface area contributed by atoms with Gasteiger partial charge in [0.1, 0.15) is 0 Å². The molecular weight excluding hydrogens is 440 g/mol. The number of carbonyl (C=O) groups is 2. The number of fused-ring (bicyclic) bond motifs is 2. The fourth-order valence-electron chi connectivity index (χ4n) is 5.86. The Morgan fingerprint density at radius 2 is 1.82 bits per heavy atom. The maximum atomic E-state index is 12.7. The molecule has 0 spiro atoms. The van der Waals surface area contributed by atoms with Crippen LogP contribution in [-0.2, 0) is 30.8 Å². The number of piperidine rings is 1. The Bertz CT molecular complexity index is 940. The number of carbonyl (C=O) groups excluding carboxylic acids is 2. The summed E-state index contributed by atoms with van der Waals surface area (Å²) in [4.78, 5) is 24.6. The lowest BCUT2D eigenvalue weighted by Gasteiger charge is -2.28. The summed E-state index contributed by atoms with van der Waals surface area (Å²) in [7, 11) is -3.45. The van der Waals surface area contributed by atoms with Crippen molar-refractivity contribution in [2.75, 3.05) is 19.7 Å². The second-order valence-corrected chi connectivity index (χ2v) is 11.9. The first-order chi connectivity index (χ1) is 15.8. The molecule has 8 heteroatoms. The summed E-state index contributed by atoms with van der Waals surface area (Å²) < 4.78 is 32.2. The molecule has 7 nitrogen and oxygen atoms in total. The fourth-order valence-corrected chi connectivity index (χ4v) is 7.37. The molecule has 1 saturated heterocycles. The van der Waals surface area contributed by atoms with Gasteiger partial charge in [-0.3, -0.25) is 9.59 Å². The van der Waals surface area contributed by atoms with Crippen LogP contribution in [0.3, 0.4) is 0 Å². The van der Waals surface area contributed by atoms with E-state index in [9.17, 15) is 18.0 Å². The van der Waals surface area contributed by atoms with Crippen molar-refractivity contribution in [1.82, 2.24) is 9.62 Å². The number of ether oxygens (including phenoxy) is 1. The van der Waals surface area contributed by atoms with Crippen LogP contribution in [0.25, 0.3) is 0 Å². The van der Waals surface area contributed by atoms with Crippen molar-refractivity contribution < 1.29 is 22.7 Å².